The molecule has 164 valence electrons. The van der Waals surface area contributed by atoms with Gasteiger partial charge in [-0.3, -0.25) is 9.59 Å². The van der Waals surface area contributed by atoms with Crippen molar-refractivity contribution in [3.05, 3.63) is 52.6 Å². The number of benzene rings is 1. The van der Waals surface area contributed by atoms with Gasteiger partial charge < -0.3 is 15.4 Å². The normalized spacial score (nSPS) is 22.9. The molecule has 4 rings (SSSR count). The maximum Gasteiger partial charge on any atom is 0.422 e. The quantitative estimate of drug-likeness (QED) is 0.698. The van der Waals surface area contributed by atoms with Crippen LogP contribution in [0.5, 0.6) is 0 Å². The summed E-state index contributed by atoms with van der Waals surface area (Å²) >= 11 is 0. The average Bonchev–Trinajstić information content (AvgIpc) is 2.96. The Labute approximate surface area is 172 Å². The highest BCUT2D eigenvalue weighted by Crippen LogP contribution is 2.46. The van der Waals surface area contributed by atoms with E-state index >= 15 is 0 Å². The number of nitrogens with zero attached hydrogens (tertiary/aromatic N) is 2. The fourth-order valence-corrected chi connectivity index (χ4v) is 3.51. The Morgan fingerprint density at radius 2 is 2.03 bits per heavy atom. The molecule has 0 fully saturated rings. The fourth-order valence-electron chi connectivity index (χ4n) is 3.51. The number of carbonyl (C=O) groups is 2. The van der Waals surface area contributed by atoms with Gasteiger partial charge in [0, 0.05) is 17.8 Å². The van der Waals surface area contributed by atoms with Gasteiger partial charge in [0.2, 0.25) is 17.3 Å². The van der Waals surface area contributed by atoms with Gasteiger partial charge in [-0.25, -0.2) is 18.7 Å². The van der Waals surface area contributed by atoms with Crippen LogP contribution in [0, 0.1) is 11.6 Å². The van der Waals surface area contributed by atoms with E-state index in [2.05, 4.69) is 20.6 Å². The van der Waals surface area contributed by atoms with Crippen LogP contribution in [0.1, 0.15) is 40.8 Å². The number of anilines is 1. The third-order valence-corrected chi connectivity index (χ3v) is 5.29. The van der Waals surface area contributed by atoms with E-state index in [0.717, 1.165) is 19.2 Å². The van der Waals surface area contributed by atoms with Gasteiger partial charge in [0.1, 0.15) is 17.7 Å². The van der Waals surface area contributed by atoms with Gasteiger partial charge in [-0.1, -0.05) is 0 Å². The minimum Gasteiger partial charge on any atom is -0.355 e. The third kappa shape index (κ3) is 3.60. The first-order valence-electron chi connectivity index (χ1n) is 9.16. The van der Waals surface area contributed by atoms with Gasteiger partial charge in [0.15, 0.2) is 0 Å². The zero-order valence-electron chi connectivity index (χ0n) is 15.9. The van der Waals surface area contributed by atoms with Gasteiger partial charge in [-0.2, -0.15) is 13.2 Å². The second-order valence-electron chi connectivity index (χ2n) is 7.36. The summed E-state index contributed by atoms with van der Waals surface area (Å²) in [5.74, 6) is -4.09. The van der Waals surface area contributed by atoms with E-state index in [1.165, 1.54) is 0 Å². The Balaban J connectivity index is 1.55. The molecule has 2 aromatic rings. The van der Waals surface area contributed by atoms with Crippen LogP contribution in [0.2, 0.25) is 0 Å². The molecule has 0 unspecified atom stereocenters. The molecule has 0 saturated heterocycles. The van der Waals surface area contributed by atoms with Gasteiger partial charge in [-0.05, 0) is 31.4 Å². The highest BCUT2D eigenvalue weighted by atomic mass is 19.4. The van der Waals surface area contributed by atoms with E-state index in [4.69, 9.17) is 4.74 Å². The van der Waals surface area contributed by atoms with Crippen molar-refractivity contribution in [3.63, 3.8) is 0 Å². The van der Waals surface area contributed by atoms with E-state index in [-0.39, 0.29) is 36.3 Å². The summed E-state index contributed by atoms with van der Waals surface area (Å²) in [4.78, 5) is 32.5. The Kier molecular flexibility index (Phi) is 4.91. The van der Waals surface area contributed by atoms with E-state index in [9.17, 15) is 31.5 Å². The number of aryl methyl sites for hydroxylation is 1. The number of hydrogen-bond acceptors (Lipinski definition) is 5. The lowest BCUT2D eigenvalue weighted by molar-refractivity contribution is -0.273. The maximum atomic E-state index is 14.0. The highest BCUT2D eigenvalue weighted by molar-refractivity contribution is 6.00. The van der Waals surface area contributed by atoms with Crippen LogP contribution in [-0.4, -0.2) is 34.0 Å². The lowest BCUT2D eigenvalue weighted by Crippen LogP contribution is -2.44. The molecule has 2 atom stereocenters. The molecule has 2 amide bonds. The summed E-state index contributed by atoms with van der Waals surface area (Å²) in [6.07, 6.45) is -3.64. The minimum atomic E-state index is -4.77. The molecule has 0 spiro atoms. The number of fused-ring (bicyclic) bond motifs is 2. The first kappa shape index (κ1) is 21.1. The molecule has 0 bridgehead atoms. The summed E-state index contributed by atoms with van der Waals surface area (Å²) in [6, 6.07) is 0.533. The summed E-state index contributed by atoms with van der Waals surface area (Å²) in [6.45, 7) is 0.440. The van der Waals surface area contributed by atoms with Gasteiger partial charge in [-0.15, -0.1) is 0 Å². The van der Waals surface area contributed by atoms with Crippen LogP contribution in [0.25, 0.3) is 0 Å². The molecule has 2 N–H and O–H groups in total. The number of nitrogens with one attached hydrogen (secondary N) is 2. The Morgan fingerprint density at radius 1 is 1.29 bits per heavy atom. The Hall–Kier alpha value is -3.15. The summed E-state index contributed by atoms with van der Waals surface area (Å²) in [7, 11) is 0. The largest absolute Gasteiger partial charge is 0.422 e. The smallest absolute Gasteiger partial charge is 0.355 e. The van der Waals surface area contributed by atoms with Crippen LogP contribution >= 0.6 is 0 Å². The Bertz CT molecular complexity index is 1090. The summed E-state index contributed by atoms with van der Waals surface area (Å²) < 4.78 is 72.5. The van der Waals surface area contributed by atoms with Crippen molar-refractivity contribution in [2.75, 3.05) is 5.32 Å². The van der Waals surface area contributed by atoms with E-state index in [1.54, 1.807) is 0 Å². The third-order valence-electron chi connectivity index (χ3n) is 5.29. The van der Waals surface area contributed by atoms with Crippen molar-refractivity contribution in [1.82, 2.24) is 15.3 Å². The first-order valence-corrected chi connectivity index (χ1v) is 9.16. The van der Waals surface area contributed by atoms with Crippen molar-refractivity contribution >= 4 is 17.5 Å². The molecule has 2 aliphatic rings. The molecule has 7 nitrogen and oxygen atoms in total. The molecular weight excluding hydrogens is 427 g/mol. The number of ether oxygens (including phenoxy) is 1. The molecule has 0 saturated carbocycles. The molecule has 0 aliphatic carbocycles. The number of carbonyl (C=O) groups excluding carboxylic acids is 2. The van der Waals surface area contributed by atoms with Crippen molar-refractivity contribution in [2.24, 2.45) is 0 Å². The molecule has 1 aromatic carbocycles. The molecule has 3 heterocycles. The molecule has 12 heteroatoms. The van der Waals surface area contributed by atoms with Crippen molar-refractivity contribution < 1.29 is 36.3 Å². The summed E-state index contributed by atoms with van der Waals surface area (Å²) in [5.41, 5.74) is -3.04. The Morgan fingerprint density at radius 3 is 2.74 bits per heavy atom. The van der Waals surface area contributed by atoms with Crippen molar-refractivity contribution in [1.29, 1.82) is 0 Å². The first-order chi connectivity index (χ1) is 14.5. The maximum absolute atomic E-state index is 14.0. The molecule has 1 aromatic heterocycles. The number of amides is 2. The molecular formula is C19H15F5N4O3. The van der Waals surface area contributed by atoms with Gasteiger partial charge >= 0.3 is 6.18 Å². The molecule has 2 aliphatic heterocycles. The summed E-state index contributed by atoms with van der Waals surface area (Å²) in [5, 5.41) is 4.63. The number of alkyl halides is 3. The predicted molar refractivity (Wildman–Crippen MR) is 94.8 cm³/mol. The van der Waals surface area contributed by atoms with E-state index in [0.29, 0.717) is 6.07 Å². The fraction of sp³-hybridized carbons (Fsp3) is 0.368. The number of hydrogen-bond donors (Lipinski definition) is 2. The number of rotatable bonds is 2. The van der Waals surface area contributed by atoms with E-state index < -0.39 is 52.8 Å². The standard InChI is InChI=1S/C19H15F5N4O3/c1-18(19(22,23)24)14-9(7-31-18)6-25-15(28-14)17(30)26-12-3-2-8-4-10(20)5-11(21)13(8)27-16(12)29/h4-6,12H,2-3,7H2,1H3,(H,26,30)(H,27,29)/t12-,18+/m0/s1. The second kappa shape index (κ2) is 7.22. The lowest BCUT2D eigenvalue weighted by atomic mass is 10.0. The average molecular weight is 442 g/mol. The number of halogens is 5. The van der Waals surface area contributed by atoms with Crippen molar-refractivity contribution in [2.45, 2.75) is 44.2 Å². The predicted octanol–water partition coefficient (Wildman–Crippen LogP) is 2.75. The molecule has 31 heavy (non-hydrogen) atoms. The second-order valence-corrected chi connectivity index (χ2v) is 7.36. The van der Waals surface area contributed by atoms with Crippen molar-refractivity contribution in [3.8, 4) is 0 Å². The van der Waals surface area contributed by atoms with Crippen LogP contribution in [0.3, 0.4) is 0 Å². The van der Waals surface area contributed by atoms with Crippen LogP contribution in [-0.2, 0) is 28.2 Å². The highest BCUT2D eigenvalue weighted by Gasteiger charge is 2.58. The zero-order valence-corrected chi connectivity index (χ0v) is 15.9. The van der Waals surface area contributed by atoms with E-state index in [1.807, 2.05) is 0 Å². The monoisotopic (exact) mass is 442 g/mol. The minimum absolute atomic E-state index is 0.00177. The van der Waals surface area contributed by atoms with Crippen LogP contribution < -0.4 is 10.6 Å². The lowest BCUT2D eigenvalue weighted by Gasteiger charge is -2.26. The van der Waals surface area contributed by atoms with Gasteiger partial charge in [0.25, 0.3) is 5.91 Å². The van der Waals surface area contributed by atoms with Gasteiger partial charge in [0.05, 0.1) is 18.0 Å². The SMILES string of the molecule is C[C@@]1(C(F)(F)F)OCc2cnc(C(=O)N[C@H]3CCc4cc(F)cc(F)c4NC3=O)nc21. The topological polar surface area (TPSA) is 93.2 Å². The zero-order chi connectivity index (χ0) is 22.6. The van der Waals surface area contributed by atoms with Crippen LogP contribution in [0.15, 0.2) is 18.3 Å². The number of aromatic nitrogens is 2. The van der Waals surface area contributed by atoms with Crippen LogP contribution in [0.4, 0.5) is 27.6 Å². The molecule has 0 radical (unpaired) electrons.